The zero-order valence-corrected chi connectivity index (χ0v) is 10.2. The van der Waals surface area contributed by atoms with E-state index in [2.05, 4.69) is 45.1 Å². The molecular weight excluding hydrogens is 182 g/mol. The van der Waals surface area contributed by atoms with Crippen molar-refractivity contribution >= 4 is 5.69 Å². The van der Waals surface area contributed by atoms with Gasteiger partial charge in [-0.05, 0) is 41.9 Å². The molecule has 2 rings (SSSR count). The Balaban J connectivity index is 2.52. The molecule has 1 N–H and O–H groups in total. The first-order valence-electron chi connectivity index (χ1n) is 5.98. The standard InChI is InChI=1S/C14H21N/c1-9(2)12-5-6-13-10(3)7-8-15-14(13)11(12)4/h5-6,9-10,15H,7-8H2,1-4H3. The van der Waals surface area contributed by atoms with Crippen LogP contribution < -0.4 is 5.32 Å². The minimum Gasteiger partial charge on any atom is -0.385 e. The van der Waals surface area contributed by atoms with Crippen molar-refractivity contribution in [2.45, 2.75) is 46.0 Å². The van der Waals surface area contributed by atoms with Gasteiger partial charge in [-0.1, -0.05) is 32.9 Å². The number of hydrogen-bond donors (Lipinski definition) is 1. The fourth-order valence-electron chi connectivity index (χ4n) is 2.59. The lowest BCUT2D eigenvalue weighted by Gasteiger charge is -2.27. The van der Waals surface area contributed by atoms with Gasteiger partial charge in [0.05, 0.1) is 0 Å². The van der Waals surface area contributed by atoms with Gasteiger partial charge in [0.15, 0.2) is 0 Å². The average molecular weight is 203 g/mol. The largest absolute Gasteiger partial charge is 0.385 e. The molecule has 1 heteroatoms. The van der Waals surface area contributed by atoms with Crippen LogP contribution in [-0.2, 0) is 0 Å². The molecule has 1 nitrogen and oxygen atoms in total. The average Bonchev–Trinajstić information content (AvgIpc) is 2.19. The van der Waals surface area contributed by atoms with Crippen LogP contribution in [0.4, 0.5) is 5.69 Å². The number of benzene rings is 1. The predicted octanol–water partition coefficient (Wildman–Crippen LogP) is 4.04. The highest BCUT2D eigenvalue weighted by atomic mass is 14.9. The molecule has 1 heterocycles. The van der Waals surface area contributed by atoms with Gasteiger partial charge in [-0.3, -0.25) is 0 Å². The molecule has 1 aromatic carbocycles. The minimum absolute atomic E-state index is 0.620. The van der Waals surface area contributed by atoms with Crippen LogP contribution in [0.1, 0.15) is 55.7 Å². The molecule has 0 spiro atoms. The first-order valence-corrected chi connectivity index (χ1v) is 5.98. The monoisotopic (exact) mass is 203 g/mol. The van der Waals surface area contributed by atoms with E-state index in [-0.39, 0.29) is 0 Å². The van der Waals surface area contributed by atoms with Crippen LogP contribution in [0.25, 0.3) is 0 Å². The van der Waals surface area contributed by atoms with Gasteiger partial charge in [-0.25, -0.2) is 0 Å². The van der Waals surface area contributed by atoms with E-state index >= 15 is 0 Å². The van der Waals surface area contributed by atoms with Gasteiger partial charge in [0, 0.05) is 12.2 Å². The topological polar surface area (TPSA) is 12.0 Å². The van der Waals surface area contributed by atoms with E-state index in [0.717, 1.165) is 6.54 Å². The number of anilines is 1. The van der Waals surface area contributed by atoms with Crippen LogP contribution in [-0.4, -0.2) is 6.54 Å². The Morgan fingerprint density at radius 3 is 2.73 bits per heavy atom. The first kappa shape index (κ1) is 10.5. The lowest BCUT2D eigenvalue weighted by molar-refractivity contribution is 0.680. The summed E-state index contributed by atoms with van der Waals surface area (Å²) in [7, 11) is 0. The van der Waals surface area contributed by atoms with Crippen LogP contribution in [0.15, 0.2) is 12.1 Å². The summed E-state index contributed by atoms with van der Waals surface area (Å²) in [5.41, 5.74) is 5.84. The summed E-state index contributed by atoms with van der Waals surface area (Å²) in [5, 5.41) is 3.56. The number of nitrogens with one attached hydrogen (secondary N) is 1. The third kappa shape index (κ3) is 1.75. The maximum Gasteiger partial charge on any atom is 0.0408 e. The molecule has 15 heavy (non-hydrogen) atoms. The smallest absolute Gasteiger partial charge is 0.0408 e. The van der Waals surface area contributed by atoms with Crippen LogP contribution in [0.3, 0.4) is 0 Å². The second kappa shape index (κ2) is 3.88. The van der Waals surface area contributed by atoms with Crippen molar-refractivity contribution in [2.75, 3.05) is 11.9 Å². The van der Waals surface area contributed by atoms with Crippen LogP contribution in [0, 0.1) is 6.92 Å². The third-order valence-corrected chi connectivity index (χ3v) is 3.57. The lowest BCUT2D eigenvalue weighted by atomic mass is 9.86. The highest BCUT2D eigenvalue weighted by Gasteiger charge is 2.19. The third-order valence-electron chi connectivity index (χ3n) is 3.57. The quantitative estimate of drug-likeness (QED) is 0.726. The highest BCUT2D eigenvalue weighted by molar-refractivity contribution is 5.63. The van der Waals surface area contributed by atoms with Crippen molar-refractivity contribution in [3.8, 4) is 0 Å². The molecular formula is C14H21N. The summed E-state index contributed by atoms with van der Waals surface area (Å²) in [6.07, 6.45) is 1.26. The molecule has 1 aromatic rings. The summed E-state index contributed by atoms with van der Waals surface area (Å²) in [4.78, 5) is 0. The molecule has 1 aliphatic rings. The van der Waals surface area contributed by atoms with E-state index in [0.29, 0.717) is 11.8 Å². The van der Waals surface area contributed by atoms with E-state index in [1.807, 2.05) is 0 Å². The molecule has 0 fully saturated rings. The van der Waals surface area contributed by atoms with Gasteiger partial charge in [-0.2, -0.15) is 0 Å². The lowest BCUT2D eigenvalue weighted by Crippen LogP contribution is -2.16. The molecule has 0 amide bonds. The van der Waals surface area contributed by atoms with Crippen molar-refractivity contribution in [1.82, 2.24) is 0 Å². The second-order valence-electron chi connectivity index (χ2n) is 5.02. The molecule has 1 unspecified atom stereocenters. The highest BCUT2D eigenvalue weighted by Crippen LogP contribution is 2.36. The number of hydrogen-bond acceptors (Lipinski definition) is 1. The van der Waals surface area contributed by atoms with Crippen LogP contribution in [0.5, 0.6) is 0 Å². The zero-order chi connectivity index (χ0) is 11.0. The maximum atomic E-state index is 3.56. The van der Waals surface area contributed by atoms with Gasteiger partial charge in [0.2, 0.25) is 0 Å². The van der Waals surface area contributed by atoms with Crippen molar-refractivity contribution in [1.29, 1.82) is 0 Å². The molecule has 1 aliphatic heterocycles. The number of fused-ring (bicyclic) bond motifs is 1. The SMILES string of the molecule is Cc1c(C(C)C)ccc2c1NCCC2C. The van der Waals surface area contributed by atoms with Crippen molar-refractivity contribution in [2.24, 2.45) is 0 Å². The Morgan fingerprint density at radius 2 is 2.07 bits per heavy atom. The molecule has 82 valence electrons. The van der Waals surface area contributed by atoms with Gasteiger partial charge < -0.3 is 5.32 Å². The molecule has 0 saturated carbocycles. The van der Waals surface area contributed by atoms with Gasteiger partial charge in [-0.15, -0.1) is 0 Å². The predicted molar refractivity (Wildman–Crippen MR) is 66.8 cm³/mol. The Bertz CT molecular complexity index is 366. The summed E-state index contributed by atoms with van der Waals surface area (Å²) in [6.45, 7) is 10.2. The van der Waals surface area contributed by atoms with E-state index in [9.17, 15) is 0 Å². The van der Waals surface area contributed by atoms with Gasteiger partial charge in [0.25, 0.3) is 0 Å². The molecule has 0 bridgehead atoms. The Kier molecular flexibility index (Phi) is 2.72. The summed E-state index contributed by atoms with van der Waals surface area (Å²) < 4.78 is 0. The maximum absolute atomic E-state index is 3.56. The Hall–Kier alpha value is -0.980. The minimum atomic E-state index is 0.620. The van der Waals surface area contributed by atoms with E-state index in [4.69, 9.17) is 0 Å². The molecule has 0 saturated heterocycles. The fourth-order valence-corrected chi connectivity index (χ4v) is 2.59. The van der Waals surface area contributed by atoms with Gasteiger partial charge in [0.1, 0.15) is 0 Å². The van der Waals surface area contributed by atoms with Gasteiger partial charge >= 0.3 is 0 Å². The molecule has 0 aromatic heterocycles. The first-order chi connectivity index (χ1) is 7.11. The molecule has 0 radical (unpaired) electrons. The van der Waals surface area contributed by atoms with Crippen LogP contribution >= 0.6 is 0 Å². The van der Waals surface area contributed by atoms with Crippen molar-refractivity contribution in [3.05, 3.63) is 28.8 Å². The van der Waals surface area contributed by atoms with Crippen molar-refractivity contribution < 1.29 is 0 Å². The van der Waals surface area contributed by atoms with E-state index in [1.165, 1.54) is 28.8 Å². The fraction of sp³-hybridized carbons (Fsp3) is 0.571. The van der Waals surface area contributed by atoms with Crippen molar-refractivity contribution in [3.63, 3.8) is 0 Å². The normalized spacial score (nSPS) is 19.9. The summed E-state index contributed by atoms with van der Waals surface area (Å²) in [6, 6.07) is 4.62. The zero-order valence-electron chi connectivity index (χ0n) is 10.2. The second-order valence-corrected chi connectivity index (χ2v) is 5.02. The Labute approximate surface area is 92.9 Å². The van der Waals surface area contributed by atoms with E-state index in [1.54, 1.807) is 0 Å². The Morgan fingerprint density at radius 1 is 1.33 bits per heavy atom. The summed E-state index contributed by atoms with van der Waals surface area (Å²) in [5.74, 6) is 1.33. The number of rotatable bonds is 1. The van der Waals surface area contributed by atoms with Crippen LogP contribution in [0.2, 0.25) is 0 Å². The van der Waals surface area contributed by atoms with E-state index < -0.39 is 0 Å². The summed E-state index contributed by atoms with van der Waals surface area (Å²) >= 11 is 0. The molecule has 0 aliphatic carbocycles. The molecule has 1 atom stereocenters.